The van der Waals surface area contributed by atoms with E-state index >= 15 is 0 Å². The summed E-state index contributed by atoms with van der Waals surface area (Å²) in [7, 11) is -6.27. The van der Waals surface area contributed by atoms with E-state index in [0.29, 0.717) is 44.9 Å². The summed E-state index contributed by atoms with van der Waals surface area (Å²) in [6.45, 7) is -2.60. The average molecular weight is 1040 g/mol. The van der Waals surface area contributed by atoms with Gasteiger partial charge < -0.3 is 0 Å². The lowest BCUT2D eigenvalue weighted by Crippen LogP contribution is -2.70. The standard InChI is InChI=1S/C34H45F26O4P/c1-3-5-7-9-10-12-14-16-22(15-13-11-8-6-4-2)21-64-65(61,62-19-17-23(35,36)25(39,40)27(43,44)29(47,48)31(51,52)33(55,56)57)63-20-18-24(37,38)26(41,42)28(45,46)30(49,50)32(53,54)34(58,59)60/h22H,3-21H2,1-2H3. The van der Waals surface area contributed by atoms with Gasteiger partial charge in [-0.25, -0.2) is 4.57 Å². The number of halogens is 26. The van der Waals surface area contributed by atoms with Crippen molar-refractivity contribution in [3.63, 3.8) is 0 Å². The monoisotopic (exact) mass is 1040 g/mol. The summed E-state index contributed by atoms with van der Waals surface area (Å²) >= 11 is 0. The second-order valence-electron chi connectivity index (χ2n) is 14.9. The average Bonchev–Trinajstić information content (AvgIpc) is 3.14. The van der Waals surface area contributed by atoms with E-state index in [-0.39, 0.29) is 12.8 Å². The van der Waals surface area contributed by atoms with Gasteiger partial charge in [-0.05, 0) is 18.8 Å². The van der Waals surface area contributed by atoms with Crippen LogP contribution in [0.1, 0.15) is 117 Å². The van der Waals surface area contributed by atoms with Crippen LogP contribution in [0.15, 0.2) is 0 Å². The van der Waals surface area contributed by atoms with Gasteiger partial charge in [0.05, 0.1) is 19.8 Å². The summed E-state index contributed by atoms with van der Waals surface area (Å²) in [5, 5.41) is 0. The van der Waals surface area contributed by atoms with Crippen LogP contribution in [0.4, 0.5) is 114 Å². The Hall–Kier alpha value is -1.71. The quantitative estimate of drug-likeness (QED) is 0.0373. The molecule has 0 aliphatic rings. The largest absolute Gasteiger partial charge is 0.474 e. The van der Waals surface area contributed by atoms with E-state index in [4.69, 9.17) is 4.52 Å². The summed E-state index contributed by atoms with van der Waals surface area (Å²) in [6.07, 6.45) is -14.3. The number of rotatable bonds is 33. The number of hydrogen-bond donors (Lipinski definition) is 0. The van der Waals surface area contributed by atoms with Crippen LogP contribution in [-0.4, -0.2) is 91.4 Å². The van der Waals surface area contributed by atoms with Gasteiger partial charge in [-0.1, -0.05) is 90.9 Å². The number of hydrogen-bond acceptors (Lipinski definition) is 4. The number of phosphoric ester groups is 1. The van der Waals surface area contributed by atoms with Crippen molar-refractivity contribution in [2.45, 2.75) is 188 Å². The van der Waals surface area contributed by atoms with Gasteiger partial charge in [-0.15, -0.1) is 0 Å². The van der Waals surface area contributed by atoms with E-state index in [1.165, 1.54) is 0 Å². The van der Waals surface area contributed by atoms with E-state index in [0.717, 1.165) is 32.1 Å². The molecule has 1 unspecified atom stereocenters. The molecule has 0 aliphatic carbocycles. The molecule has 392 valence electrons. The smallest absolute Gasteiger partial charge is 0.287 e. The molecule has 0 amide bonds. The van der Waals surface area contributed by atoms with Gasteiger partial charge in [0.1, 0.15) is 0 Å². The fraction of sp³-hybridized carbons (Fsp3) is 1.00. The number of alkyl halides is 26. The first-order valence-electron chi connectivity index (χ1n) is 19.4. The Labute approximate surface area is 354 Å². The second kappa shape index (κ2) is 22.8. The van der Waals surface area contributed by atoms with E-state index in [1.807, 2.05) is 13.8 Å². The molecular formula is C34H45F26O4P. The van der Waals surface area contributed by atoms with E-state index in [2.05, 4.69) is 9.05 Å². The number of unbranched alkanes of at least 4 members (excludes halogenated alkanes) is 10. The van der Waals surface area contributed by atoms with E-state index in [9.17, 15) is 119 Å². The molecule has 4 nitrogen and oxygen atoms in total. The van der Waals surface area contributed by atoms with Gasteiger partial charge in [0.25, 0.3) is 0 Å². The van der Waals surface area contributed by atoms with E-state index in [1.54, 1.807) is 0 Å². The predicted molar refractivity (Wildman–Crippen MR) is 176 cm³/mol. The van der Waals surface area contributed by atoms with Crippen LogP contribution < -0.4 is 0 Å². The SMILES string of the molecule is CCCCCCCCCC(CCCCCCC)COP(=O)(OCCC(F)(F)C(F)(F)C(F)(F)C(F)(F)C(F)(F)C(F)(F)F)OCCC(F)(F)C(F)(F)C(F)(F)C(F)(F)C(F)(F)C(F)(F)F. The minimum Gasteiger partial charge on any atom is -0.287 e. The van der Waals surface area contributed by atoms with Crippen LogP contribution in [0.2, 0.25) is 0 Å². The molecule has 0 aromatic rings. The van der Waals surface area contributed by atoms with Gasteiger partial charge in [-0.3, -0.25) is 13.6 Å². The molecule has 1 atom stereocenters. The molecule has 0 heterocycles. The van der Waals surface area contributed by atoms with Crippen LogP contribution in [0.3, 0.4) is 0 Å². The highest BCUT2D eigenvalue weighted by molar-refractivity contribution is 7.48. The van der Waals surface area contributed by atoms with Crippen molar-refractivity contribution in [2.75, 3.05) is 19.8 Å². The maximum atomic E-state index is 14.4. The molecule has 0 aromatic heterocycles. The Morgan fingerprint density at radius 2 is 0.615 bits per heavy atom. The predicted octanol–water partition coefficient (Wildman–Crippen LogP) is 16.5. The molecule has 0 saturated carbocycles. The van der Waals surface area contributed by atoms with Crippen molar-refractivity contribution < 1.29 is 132 Å². The molecule has 0 fully saturated rings. The van der Waals surface area contributed by atoms with Crippen molar-refractivity contribution in [3.8, 4) is 0 Å². The van der Waals surface area contributed by atoms with Crippen LogP contribution in [-0.2, 0) is 18.1 Å². The highest BCUT2D eigenvalue weighted by atomic mass is 31.2. The third-order valence-corrected chi connectivity index (χ3v) is 11.2. The Morgan fingerprint density at radius 3 is 0.892 bits per heavy atom. The summed E-state index contributed by atoms with van der Waals surface area (Å²) in [5.74, 6) is -80.2. The van der Waals surface area contributed by atoms with Crippen molar-refractivity contribution in [1.29, 1.82) is 0 Å². The zero-order valence-corrected chi connectivity index (χ0v) is 34.8. The zero-order chi connectivity index (χ0) is 51.6. The number of phosphoric acid groups is 1. The van der Waals surface area contributed by atoms with Crippen LogP contribution in [0, 0.1) is 5.92 Å². The molecule has 0 rings (SSSR count). The Balaban J connectivity index is 6.78. The van der Waals surface area contributed by atoms with Crippen molar-refractivity contribution >= 4 is 7.82 Å². The molecule has 0 radical (unpaired) electrons. The lowest BCUT2D eigenvalue weighted by atomic mass is 9.93. The van der Waals surface area contributed by atoms with Crippen molar-refractivity contribution in [3.05, 3.63) is 0 Å². The highest BCUT2D eigenvalue weighted by Gasteiger charge is 2.92. The minimum absolute atomic E-state index is 0.0752. The Morgan fingerprint density at radius 1 is 0.354 bits per heavy atom. The molecule has 65 heavy (non-hydrogen) atoms. The summed E-state index contributed by atoms with van der Waals surface area (Å²) in [6, 6.07) is 0. The maximum absolute atomic E-state index is 14.4. The summed E-state index contributed by atoms with van der Waals surface area (Å²) in [5.41, 5.74) is 0. The van der Waals surface area contributed by atoms with Crippen molar-refractivity contribution in [1.82, 2.24) is 0 Å². The molecule has 0 aliphatic heterocycles. The van der Waals surface area contributed by atoms with Crippen LogP contribution in [0.25, 0.3) is 0 Å². The van der Waals surface area contributed by atoms with Crippen molar-refractivity contribution in [2.24, 2.45) is 5.92 Å². The Bertz CT molecular complexity index is 1380. The summed E-state index contributed by atoms with van der Waals surface area (Å²) < 4.78 is 379. The second-order valence-corrected chi connectivity index (χ2v) is 16.6. The lowest BCUT2D eigenvalue weighted by molar-refractivity contribution is -0.440. The van der Waals surface area contributed by atoms with Gasteiger partial charge in [0, 0.05) is 12.8 Å². The minimum atomic E-state index is -8.36. The topological polar surface area (TPSA) is 44.8 Å². The molecule has 0 spiro atoms. The lowest BCUT2D eigenvalue weighted by Gasteiger charge is -2.40. The normalized spacial score (nSPS) is 15.8. The fourth-order valence-corrected chi connectivity index (χ4v) is 6.78. The third-order valence-electron chi connectivity index (χ3n) is 9.73. The first-order chi connectivity index (χ1) is 28.9. The zero-order valence-electron chi connectivity index (χ0n) is 33.9. The molecule has 0 bridgehead atoms. The summed E-state index contributed by atoms with van der Waals surface area (Å²) in [4.78, 5) is 0. The van der Waals surface area contributed by atoms with Crippen LogP contribution in [0.5, 0.6) is 0 Å². The van der Waals surface area contributed by atoms with Gasteiger partial charge in [-0.2, -0.15) is 114 Å². The first kappa shape index (κ1) is 63.3. The molecule has 0 N–H and O–H groups in total. The highest BCUT2D eigenvalue weighted by Crippen LogP contribution is 2.63. The molecule has 0 aromatic carbocycles. The molecule has 0 saturated heterocycles. The maximum Gasteiger partial charge on any atom is 0.474 e. The molecular weight excluding hydrogens is 997 g/mol. The first-order valence-corrected chi connectivity index (χ1v) is 20.8. The van der Waals surface area contributed by atoms with Crippen LogP contribution >= 0.6 is 7.82 Å². The fourth-order valence-electron chi connectivity index (χ4n) is 5.54. The third kappa shape index (κ3) is 14.2. The molecule has 31 heteroatoms. The van der Waals surface area contributed by atoms with Gasteiger partial charge >= 0.3 is 79.4 Å². The Kier molecular flexibility index (Phi) is 22.2. The van der Waals surface area contributed by atoms with Gasteiger partial charge in [0.2, 0.25) is 0 Å². The van der Waals surface area contributed by atoms with E-state index < -0.39 is 118 Å². The van der Waals surface area contributed by atoms with Gasteiger partial charge in [0.15, 0.2) is 0 Å².